The molecule has 0 spiro atoms. The molecule has 0 saturated heterocycles. The van der Waals surface area contributed by atoms with Gasteiger partial charge in [0, 0.05) is 15.0 Å². The number of aryl methyl sites for hydroxylation is 1. The van der Waals surface area contributed by atoms with E-state index in [4.69, 9.17) is 0 Å². The number of hydrogen-bond donors (Lipinski definition) is 2. The minimum absolute atomic E-state index is 0. The number of aromatic nitrogens is 2. The standard InChI is InChI=1S/C13H17N3O.C6H12.2H2/c1-3-4-7-14-13(17)10-5-6-11-12(8-10)16-9(2)15-11;1-2-4-6-5-3-1;;/h5-6,8H,3-4,7H2,1-2H3,(H,14,17)(H,15,16);1-6H2;2*1H. The van der Waals surface area contributed by atoms with Crippen molar-refractivity contribution in [3.63, 3.8) is 0 Å². The first-order valence-corrected chi connectivity index (χ1v) is 8.95. The molecule has 1 aromatic heterocycles. The number of imidazole rings is 1. The zero-order valence-electron chi connectivity index (χ0n) is 14.5. The van der Waals surface area contributed by atoms with Crippen LogP contribution in [-0.2, 0) is 0 Å². The summed E-state index contributed by atoms with van der Waals surface area (Å²) in [7, 11) is 0. The molecule has 130 valence electrons. The normalized spacial score (nSPS) is 14.2. The first kappa shape index (κ1) is 17.5. The monoisotopic (exact) mass is 319 g/mol. The van der Waals surface area contributed by atoms with Crippen molar-refractivity contribution in [3.8, 4) is 0 Å². The van der Waals surface area contributed by atoms with Gasteiger partial charge in [-0.1, -0.05) is 51.9 Å². The summed E-state index contributed by atoms with van der Waals surface area (Å²) in [5.74, 6) is 0.844. The first-order valence-electron chi connectivity index (χ1n) is 8.95. The first-order chi connectivity index (χ1) is 11.2. The number of carbonyl (C=O) groups is 1. The van der Waals surface area contributed by atoms with Crippen molar-refractivity contribution >= 4 is 16.9 Å². The van der Waals surface area contributed by atoms with Crippen molar-refractivity contribution in [2.24, 2.45) is 0 Å². The summed E-state index contributed by atoms with van der Waals surface area (Å²) < 4.78 is 0. The van der Waals surface area contributed by atoms with E-state index in [1.54, 1.807) is 0 Å². The van der Waals surface area contributed by atoms with Crippen molar-refractivity contribution in [2.45, 2.75) is 65.2 Å². The third kappa shape index (κ3) is 5.70. The van der Waals surface area contributed by atoms with E-state index in [1.807, 2.05) is 25.1 Å². The average molecular weight is 319 g/mol. The fourth-order valence-corrected chi connectivity index (χ4v) is 2.82. The van der Waals surface area contributed by atoms with E-state index in [0.717, 1.165) is 36.2 Å². The minimum Gasteiger partial charge on any atom is -0.352 e. The van der Waals surface area contributed by atoms with Gasteiger partial charge >= 0.3 is 0 Å². The molecule has 1 aromatic carbocycles. The Labute approximate surface area is 142 Å². The van der Waals surface area contributed by atoms with Crippen LogP contribution in [0.25, 0.3) is 11.0 Å². The van der Waals surface area contributed by atoms with E-state index in [-0.39, 0.29) is 8.76 Å². The Balaban J connectivity index is 0.000000616. The molecule has 0 bridgehead atoms. The molecule has 2 aromatic rings. The Hall–Kier alpha value is -1.84. The zero-order valence-corrected chi connectivity index (χ0v) is 14.5. The van der Waals surface area contributed by atoms with Crippen molar-refractivity contribution in [3.05, 3.63) is 29.6 Å². The molecule has 0 atom stereocenters. The number of hydrogen-bond acceptors (Lipinski definition) is 2. The lowest BCUT2D eigenvalue weighted by molar-refractivity contribution is 0.0953. The highest BCUT2D eigenvalue weighted by Crippen LogP contribution is 2.15. The molecule has 1 heterocycles. The fraction of sp³-hybridized carbons (Fsp3) is 0.579. The maximum atomic E-state index is 11.8. The molecular weight excluding hydrogens is 286 g/mol. The molecule has 0 aliphatic heterocycles. The Morgan fingerprint density at radius 1 is 1.22 bits per heavy atom. The van der Waals surface area contributed by atoms with Gasteiger partial charge < -0.3 is 10.3 Å². The number of aromatic amines is 1. The molecule has 23 heavy (non-hydrogen) atoms. The maximum Gasteiger partial charge on any atom is 0.251 e. The number of unbranched alkanes of at least 4 members (excludes halogenated alkanes) is 1. The van der Waals surface area contributed by atoms with Crippen molar-refractivity contribution in [1.82, 2.24) is 15.3 Å². The lowest BCUT2D eigenvalue weighted by atomic mass is 10.0. The SMILES string of the molecule is C1CCCCC1.CCCCNC(=O)c1ccc2nc(C)[nH]c2c1.[HH].[HH]. The number of nitrogens with one attached hydrogen (secondary N) is 2. The van der Waals surface area contributed by atoms with Crippen molar-refractivity contribution in [1.29, 1.82) is 0 Å². The predicted molar refractivity (Wildman–Crippen MR) is 100 cm³/mol. The van der Waals surface area contributed by atoms with Gasteiger partial charge in [0.25, 0.3) is 5.91 Å². The highest BCUT2D eigenvalue weighted by atomic mass is 16.1. The summed E-state index contributed by atoms with van der Waals surface area (Å²) in [6, 6.07) is 5.52. The third-order valence-electron chi connectivity index (χ3n) is 4.18. The molecule has 1 saturated carbocycles. The third-order valence-corrected chi connectivity index (χ3v) is 4.18. The van der Waals surface area contributed by atoms with E-state index >= 15 is 0 Å². The van der Waals surface area contributed by atoms with Gasteiger partial charge in [-0.2, -0.15) is 0 Å². The van der Waals surface area contributed by atoms with Gasteiger partial charge in [0.15, 0.2) is 0 Å². The summed E-state index contributed by atoms with van der Waals surface area (Å²) in [5, 5.41) is 2.90. The van der Waals surface area contributed by atoms with Crippen molar-refractivity contribution < 1.29 is 7.65 Å². The molecular formula is C19H33N3O. The van der Waals surface area contributed by atoms with Crippen LogP contribution in [0.4, 0.5) is 0 Å². The summed E-state index contributed by atoms with van der Waals surface area (Å²) in [6.07, 6.45) is 11.1. The second kappa shape index (κ2) is 9.33. The maximum absolute atomic E-state index is 11.8. The van der Waals surface area contributed by atoms with Crippen molar-refractivity contribution in [2.75, 3.05) is 6.54 Å². The number of amides is 1. The molecule has 3 rings (SSSR count). The van der Waals surface area contributed by atoms with E-state index in [1.165, 1.54) is 38.5 Å². The van der Waals surface area contributed by atoms with Crippen LogP contribution in [0.1, 0.15) is 77.3 Å². The Morgan fingerprint density at radius 3 is 2.48 bits per heavy atom. The fourth-order valence-electron chi connectivity index (χ4n) is 2.82. The van der Waals surface area contributed by atoms with Crippen LogP contribution < -0.4 is 5.32 Å². The lowest BCUT2D eigenvalue weighted by Crippen LogP contribution is -2.24. The lowest BCUT2D eigenvalue weighted by Gasteiger charge is -2.05. The molecule has 4 nitrogen and oxygen atoms in total. The molecule has 1 aliphatic rings. The zero-order chi connectivity index (χ0) is 16.5. The number of nitrogens with zero attached hydrogens (tertiary/aromatic N) is 1. The number of fused-ring (bicyclic) bond motifs is 1. The molecule has 1 amide bonds. The number of rotatable bonds is 4. The summed E-state index contributed by atoms with van der Waals surface area (Å²) in [6.45, 7) is 4.74. The predicted octanol–water partition coefficient (Wildman–Crippen LogP) is 5.23. The van der Waals surface area contributed by atoms with Crippen LogP contribution >= 0.6 is 0 Å². The smallest absolute Gasteiger partial charge is 0.251 e. The topological polar surface area (TPSA) is 57.8 Å². The molecule has 1 fully saturated rings. The highest BCUT2D eigenvalue weighted by Gasteiger charge is 2.07. The summed E-state index contributed by atoms with van der Waals surface area (Å²) in [5.41, 5.74) is 2.48. The molecule has 1 aliphatic carbocycles. The highest BCUT2D eigenvalue weighted by molar-refractivity contribution is 5.97. The average Bonchev–Trinajstić information content (AvgIpc) is 2.96. The van der Waals surface area contributed by atoms with Crippen LogP contribution in [0, 0.1) is 6.92 Å². The quantitative estimate of drug-likeness (QED) is 0.758. The second-order valence-electron chi connectivity index (χ2n) is 6.28. The van der Waals surface area contributed by atoms with E-state index in [0.29, 0.717) is 5.56 Å². The summed E-state index contributed by atoms with van der Waals surface area (Å²) >= 11 is 0. The van der Waals surface area contributed by atoms with Gasteiger partial charge in [0.1, 0.15) is 5.82 Å². The number of carbonyl (C=O) groups excluding carboxylic acids is 1. The van der Waals surface area contributed by atoms with Gasteiger partial charge in [-0.3, -0.25) is 4.79 Å². The second-order valence-corrected chi connectivity index (χ2v) is 6.28. The van der Waals surface area contributed by atoms with Crippen LogP contribution in [0.2, 0.25) is 0 Å². The van der Waals surface area contributed by atoms with E-state index < -0.39 is 0 Å². The minimum atomic E-state index is -0.0207. The Bertz CT molecular complexity index is 613. The van der Waals surface area contributed by atoms with Crippen LogP contribution in [0.3, 0.4) is 0 Å². The number of benzene rings is 1. The Morgan fingerprint density at radius 2 is 1.87 bits per heavy atom. The number of H-pyrrole nitrogens is 1. The van der Waals surface area contributed by atoms with Crippen LogP contribution in [0.15, 0.2) is 18.2 Å². The van der Waals surface area contributed by atoms with Gasteiger partial charge in [0.05, 0.1) is 11.0 Å². The van der Waals surface area contributed by atoms with Gasteiger partial charge in [-0.15, -0.1) is 0 Å². The summed E-state index contributed by atoms with van der Waals surface area (Å²) in [4.78, 5) is 19.3. The van der Waals surface area contributed by atoms with E-state index in [2.05, 4.69) is 22.2 Å². The molecule has 0 unspecified atom stereocenters. The molecule has 4 heteroatoms. The largest absolute Gasteiger partial charge is 0.352 e. The van der Waals surface area contributed by atoms with Gasteiger partial charge in [0.2, 0.25) is 0 Å². The molecule has 0 radical (unpaired) electrons. The Kier molecular flexibility index (Phi) is 7.11. The van der Waals surface area contributed by atoms with Gasteiger partial charge in [-0.05, 0) is 31.5 Å². The van der Waals surface area contributed by atoms with Gasteiger partial charge in [-0.25, -0.2) is 4.98 Å². The van der Waals surface area contributed by atoms with E-state index in [9.17, 15) is 4.79 Å². The van der Waals surface area contributed by atoms with Crippen LogP contribution in [0.5, 0.6) is 0 Å². The molecule has 2 N–H and O–H groups in total. The van der Waals surface area contributed by atoms with Crippen LogP contribution in [-0.4, -0.2) is 22.4 Å².